The molecule has 1 aromatic rings. The van der Waals surface area contributed by atoms with Gasteiger partial charge in [0.15, 0.2) is 0 Å². The summed E-state index contributed by atoms with van der Waals surface area (Å²) < 4.78 is 4.88. The summed E-state index contributed by atoms with van der Waals surface area (Å²) >= 11 is 5.81. The predicted octanol–water partition coefficient (Wildman–Crippen LogP) is 1.74. The second-order valence-electron chi connectivity index (χ2n) is 4.05. The fourth-order valence-corrected chi connectivity index (χ4v) is 1.92. The van der Waals surface area contributed by atoms with Crippen LogP contribution in [0.1, 0.15) is 18.9 Å². The molecule has 0 spiro atoms. The van der Waals surface area contributed by atoms with Crippen molar-refractivity contribution in [1.29, 1.82) is 0 Å². The fraction of sp³-hybridized carbons (Fsp3) is 0.308. The Balaban J connectivity index is 2.18. The lowest BCUT2D eigenvalue weighted by atomic mass is 9.96. The molecule has 0 aliphatic carbocycles. The number of halogens is 1. The van der Waals surface area contributed by atoms with Crippen molar-refractivity contribution in [1.82, 2.24) is 5.43 Å². The summed E-state index contributed by atoms with van der Waals surface area (Å²) in [5, 5.41) is 4.59. The van der Waals surface area contributed by atoms with Gasteiger partial charge < -0.3 is 4.74 Å². The van der Waals surface area contributed by atoms with Crippen molar-refractivity contribution in [2.75, 3.05) is 6.61 Å². The van der Waals surface area contributed by atoms with E-state index in [1.165, 1.54) is 0 Å². The fourth-order valence-electron chi connectivity index (χ4n) is 1.79. The normalized spacial score (nSPS) is 18.5. The minimum absolute atomic E-state index is 0.228. The molecular formula is C13H13ClN2O3. The van der Waals surface area contributed by atoms with Gasteiger partial charge in [-0.2, -0.15) is 5.10 Å². The van der Waals surface area contributed by atoms with Crippen LogP contribution in [0, 0.1) is 5.92 Å². The van der Waals surface area contributed by atoms with Gasteiger partial charge in [-0.25, -0.2) is 5.43 Å². The van der Waals surface area contributed by atoms with Gasteiger partial charge in [0, 0.05) is 11.4 Å². The zero-order valence-electron chi connectivity index (χ0n) is 10.4. The van der Waals surface area contributed by atoms with E-state index in [4.69, 9.17) is 16.3 Å². The van der Waals surface area contributed by atoms with Crippen molar-refractivity contribution in [2.45, 2.75) is 13.3 Å². The lowest BCUT2D eigenvalue weighted by Gasteiger charge is -2.20. The Kier molecular flexibility index (Phi) is 4.16. The number of ether oxygens (including phenoxy) is 1. The van der Waals surface area contributed by atoms with E-state index in [9.17, 15) is 9.59 Å². The number of amides is 1. The van der Waals surface area contributed by atoms with Crippen molar-refractivity contribution in [2.24, 2.45) is 11.0 Å². The molecule has 0 aromatic heterocycles. The van der Waals surface area contributed by atoms with Crippen LogP contribution in [0.4, 0.5) is 0 Å². The number of carbonyl (C=O) groups is 2. The zero-order valence-corrected chi connectivity index (χ0v) is 11.1. The van der Waals surface area contributed by atoms with Crippen LogP contribution < -0.4 is 5.43 Å². The number of hydrogen-bond acceptors (Lipinski definition) is 4. The molecule has 1 aliphatic heterocycles. The second kappa shape index (κ2) is 5.84. The van der Waals surface area contributed by atoms with Gasteiger partial charge in [0.05, 0.1) is 12.3 Å². The van der Waals surface area contributed by atoms with Crippen LogP contribution in [0.5, 0.6) is 0 Å². The number of hydrogen-bond donors (Lipinski definition) is 1. The SMILES string of the molecule is CCOC(=O)[C@H]1CC(c2ccc(Cl)cc2)=NNC1=O. The number of carbonyl (C=O) groups excluding carboxylic acids is 2. The Morgan fingerprint density at radius 1 is 1.47 bits per heavy atom. The average molecular weight is 281 g/mol. The van der Waals surface area contributed by atoms with Gasteiger partial charge in [-0.3, -0.25) is 9.59 Å². The number of nitrogens with zero attached hydrogens (tertiary/aromatic N) is 1. The van der Waals surface area contributed by atoms with Gasteiger partial charge in [-0.05, 0) is 24.6 Å². The first kappa shape index (κ1) is 13.5. The van der Waals surface area contributed by atoms with Gasteiger partial charge >= 0.3 is 5.97 Å². The van der Waals surface area contributed by atoms with Crippen LogP contribution in [0.25, 0.3) is 0 Å². The third kappa shape index (κ3) is 3.12. The van der Waals surface area contributed by atoms with E-state index >= 15 is 0 Å². The minimum atomic E-state index is -0.844. The van der Waals surface area contributed by atoms with Crippen LogP contribution >= 0.6 is 11.6 Å². The molecular weight excluding hydrogens is 268 g/mol. The predicted molar refractivity (Wildman–Crippen MR) is 70.9 cm³/mol. The molecule has 0 bridgehead atoms. The summed E-state index contributed by atoms with van der Waals surface area (Å²) in [6.07, 6.45) is 0.228. The number of rotatable bonds is 3. The maximum absolute atomic E-state index is 11.7. The molecule has 2 rings (SSSR count). The van der Waals surface area contributed by atoms with Crippen molar-refractivity contribution in [3.8, 4) is 0 Å². The monoisotopic (exact) mass is 280 g/mol. The molecule has 0 fully saturated rings. The summed E-state index contributed by atoms with van der Waals surface area (Å²) in [6.45, 7) is 1.95. The molecule has 1 atom stereocenters. The molecule has 0 radical (unpaired) electrons. The third-order valence-electron chi connectivity index (χ3n) is 2.76. The maximum atomic E-state index is 11.7. The van der Waals surface area contributed by atoms with Crippen molar-refractivity contribution in [3.63, 3.8) is 0 Å². The molecule has 5 nitrogen and oxygen atoms in total. The van der Waals surface area contributed by atoms with E-state index in [-0.39, 0.29) is 13.0 Å². The highest BCUT2D eigenvalue weighted by atomic mass is 35.5. The Bertz CT molecular complexity index is 525. The first-order chi connectivity index (χ1) is 9.11. The molecule has 0 saturated carbocycles. The van der Waals surface area contributed by atoms with E-state index in [0.29, 0.717) is 10.7 Å². The second-order valence-corrected chi connectivity index (χ2v) is 4.49. The Morgan fingerprint density at radius 2 is 2.16 bits per heavy atom. The summed E-state index contributed by atoms with van der Waals surface area (Å²) in [5.74, 6) is -1.80. The summed E-state index contributed by atoms with van der Waals surface area (Å²) in [4.78, 5) is 23.3. The van der Waals surface area contributed by atoms with Crippen LogP contribution in [-0.2, 0) is 14.3 Å². The zero-order chi connectivity index (χ0) is 13.8. The molecule has 0 unspecified atom stereocenters. The van der Waals surface area contributed by atoms with Gasteiger partial charge in [0.1, 0.15) is 5.92 Å². The molecule has 1 aromatic carbocycles. The van der Waals surface area contributed by atoms with Crippen molar-refractivity contribution >= 4 is 29.2 Å². The molecule has 6 heteroatoms. The topological polar surface area (TPSA) is 67.8 Å². The summed E-state index contributed by atoms with van der Waals surface area (Å²) in [5.41, 5.74) is 3.80. The molecule has 19 heavy (non-hydrogen) atoms. The Morgan fingerprint density at radius 3 is 2.79 bits per heavy atom. The summed E-state index contributed by atoms with van der Waals surface area (Å²) in [7, 11) is 0. The Hall–Kier alpha value is -1.88. The number of benzene rings is 1. The summed E-state index contributed by atoms with van der Waals surface area (Å²) in [6, 6.07) is 7.05. The minimum Gasteiger partial charge on any atom is -0.465 e. The smallest absolute Gasteiger partial charge is 0.318 e. The van der Waals surface area contributed by atoms with Gasteiger partial charge in [0.2, 0.25) is 0 Å². The number of hydrazone groups is 1. The quantitative estimate of drug-likeness (QED) is 0.677. The number of esters is 1. The molecule has 1 heterocycles. The van der Waals surface area contributed by atoms with Gasteiger partial charge in [-0.15, -0.1) is 0 Å². The maximum Gasteiger partial charge on any atom is 0.318 e. The van der Waals surface area contributed by atoms with Gasteiger partial charge in [-0.1, -0.05) is 23.7 Å². The first-order valence-electron chi connectivity index (χ1n) is 5.90. The highest BCUT2D eigenvalue weighted by Crippen LogP contribution is 2.18. The van der Waals surface area contributed by atoms with Crippen LogP contribution in [0.15, 0.2) is 29.4 Å². The largest absolute Gasteiger partial charge is 0.465 e. The molecule has 100 valence electrons. The van der Waals surface area contributed by atoms with Crippen LogP contribution in [-0.4, -0.2) is 24.2 Å². The van der Waals surface area contributed by atoms with E-state index in [1.807, 2.05) is 0 Å². The van der Waals surface area contributed by atoms with Gasteiger partial charge in [0.25, 0.3) is 5.91 Å². The highest BCUT2D eigenvalue weighted by molar-refractivity contribution is 6.30. The average Bonchev–Trinajstić information content (AvgIpc) is 2.40. The molecule has 1 N–H and O–H groups in total. The number of nitrogens with one attached hydrogen (secondary N) is 1. The molecule has 0 saturated heterocycles. The van der Waals surface area contributed by atoms with E-state index in [0.717, 1.165) is 5.56 Å². The lowest BCUT2D eigenvalue weighted by molar-refractivity contribution is -0.152. The molecule has 1 amide bonds. The highest BCUT2D eigenvalue weighted by Gasteiger charge is 2.33. The van der Waals surface area contributed by atoms with Crippen LogP contribution in [0.2, 0.25) is 5.02 Å². The lowest BCUT2D eigenvalue weighted by Crippen LogP contribution is -2.40. The Labute approximate surface area is 115 Å². The van der Waals surface area contributed by atoms with Crippen molar-refractivity contribution < 1.29 is 14.3 Å². The van der Waals surface area contributed by atoms with E-state index in [1.54, 1.807) is 31.2 Å². The first-order valence-corrected chi connectivity index (χ1v) is 6.28. The van der Waals surface area contributed by atoms with Crippen molar-refractivity contribution in [3.05, 3.63) is 34.9 Å². The standard InChI is InChI=1S/C13H13ClN2O3/c1-2-19-13(18)10-7-11(15-16-12(10)17)8-3-5-9(14)6-4-8/h3-6,10H,2,7H2,1H3,(H,16,17)/t10-/m0/s1. The molecule has 1 aliphatic rings. The van der Waals surface area contributed by atoms with E-state index < -0.39 is 17.8 Å². The third-order valence-corrected chi connectivity index (χ3v) is 3.02. The van der Waals surface area contributed by atoms with Crippen LogP contribution in [0.3, 0.4) is 0 Å². The van der Waals surface area contributed by atoms with E-state index in [2.05, 4.69) is 10.5 Å².